The van der Waals surface area contributed by atoms with Gasteiger partial charge in [0.2, 0.25) is 5.91 Å². The molecule has 0 saturated carbocycles. The molecule has 2 rings (SSSR count). The Morgan fingerprint density at radius 1 is 1.25 bits per heavy atom. The lowest BCUT2D eigenvalue weighted by Crippen LogP contribution is -2.51. The van der Waals surface area contributed by atoms with Crippen LogP contribution in [-0.4, -0.2) is 29.4 Å². The van der Waals surface area contributed by atoms with Crippen LogP contribution in [0, 0.1) is 5.41 Å². The largest absolute Gasteiger partial charge is 0.336 e. The maximum atomic E-state index is 12.4. The van der Waals surface area contributed by atoms with E-state index in [9.17, 15) is 4.79 Å². The standard InChI is InChI=1S/C12H22N2O.ClH/c1-12(2,8-13)11(15)14-9-4-3-5-10(14)7-6-9;/h9-10H,3-8,13H2,1-2H3;1H. The van der Waals surface area contributed by atoms with Crippen LogP contribution in [0.1, 0.15) is 46.0 Å². The molecular formula is C12H23ClN2O. The van der Waals surface area contributed by atoms with Gasteiger partial charge in [-0.15, -0.1) is 12.4 Å². The zero-order chi connectivity index (χ0) is 11.1. The van der Waals surface area contributed by atoms with Crippen LogP contribution < -0.4 is 5.73 Å². The predicted octanol–water partition coefficient (Wildman–Crippen LogP) is 1.94. The molecule has 0 aromatic rings. The third-order valence-electron chi connectivity index (χ3n) is 4.02. The Labute approximate surface area is 104 Å². The normalized spacial score (nSPS) is 28.8. The second-order valence-corrected chi connectivity index (χ2v) is 5.62. The molecule has 4 heteroatoms. The summed E-state index contributed by atoms with van der Waals surface area (Å²) in [6.45, 7) is 4.37. The number of fused-ring (bicyclic) bond motifs is 2. The van der Waals surface area contributed by atoms with Gasteiger partial charge in [-0.2, -0.15) is 0 Å². The number of piperidine rings is 1. The van der Waals surface area contributed by atoms with Crippen molar-refractivity contribution in [3.05, 3.63) is 0 Å². The summed E-state index contributed by atoms with van der Waals surface area (Å²) in [4.78, 5) is 14.5. The summed E-state index contributed by atoms with van der Waals surface area (Å²) in [6.07, 6.45) is 6.10. The van der Waals surface area contributed by atoms with E-state index in [1.807, 2.05) is 13.8 Å². The van der Waals surface area contributed by atoms with Crippen molar-refractivity contribution in [1.82, 2.24) is 4.90 Å². The molecule has 0 aromatic heterocycles. The molecule has 2 unspecified atom stereocenters. The van der Waals surface area contributed by atoms with Gasteiger partial charge in [0.1, 0.15) is 0 Å². The fourth-order valence-corrected chi connectivity index (χ4v) is 2.89. The lowest BCUT2D eigenvalue weighted by Gasteiger charge is -2.39. The first-order chi connectivity index (χ1) is 7.06. The zero-order valence-corrected chi connectivity index (χ0v) is 11.1. The molecule has 3 nitrogen and oxygen atoms in total. The molecule has 2 atom stereocenters. The van der Waals surface area contributed by atoms with Crippen LogP contribution in [0.3, 0.4) is 0 Å². The van der Waals surface area contributed by atoms with Gasteiger partial charge in [-0.05, 0) is 46.0 Å². The Kier molecular flexibility index (Phi) is 4.24. The summed E-state index contributed by atoms with van der Waals surface area (Å²) in [5.74, 6) is 0.275. The lowest BCUT2D eigenvalue weighted by atomic mass is 9.89. The molecule has 2 aliphatic heterocycles. The smallest absolute Gasteiger partial charge is 0.230 e. The number of carbonyl (C=O) groups is 1. The summed E-state index contributed by atoms with van der Waals surface area (Å²) in [7, 11) is 0. The van der Waals surface area contributed by atoms with Crippen LogP contribution in [0.15, 0.2) is 0 Å². The first-order valence-corrected chi connectivity index (χ1v) is 6.09. The minimum atomic E-state index is -0.377. The van der Waals surface area contributed by atoms with E-state index in [-0.39, 0.29) is 23.7 Å². The van der Waals surface area contributed by atoms with Crippen molar-refractivity contribution >= 4 is 18.3 Å². The van der Waals surface area contributed by atoms with E-state index in [1.54, 1.807) is 0 Å². The van der Waals surface area contributed by atoms with E-state index in [0.29, 0.717) is 18.6 Å². The topological polar surface area (TPSA) is 46.3 Å². The van der Waals surface area contributed by atoms with Gasteiger partial charge < -0.3 is 10.6 Å². The van der Waals surface area contributed by atoms with E-state index in [4.69, 9.17) is 5.73 Å². The molecule has 94 valence electrons. The van der Waals surface area contributed by atoms with E-state index in [0.717, 1.165) is 0 Å². The van der Waals surface area contributed by atoms with Crippen LogP contribution >= 0.6 is 12.4 Å². The van der Waals surface area contributed by atoms with Gasteiger partial charge in [-0.1, -0.05) is 0 Å². The average molecular weight is 247 g/mol. The molecule has 16 heavy (non-hydrogen) atoms. The van der Waals surface area contributed by atoms with Gasteiger partial charge in [-0.25, -0.2) is 0 Å². The highest BCUT2D eigenvalue weighted by molar-refractivity contribution is 5.85. The van der Waals surface area contributed by atoms with Gasteiger partial charge in [0, 0.05) is 18.6 Å². The molecular weight excluding hydrogens is 224 g/mol. The van der Waals surface area contributed by atoms with Crippen LogP contribution in [0.25, 0.3) is 0 Å². The summed E-state index contributed by atoms with van der Waals surface area (Å²) >= 11 is 0. The summed E-state index contributed by atoms with van der Waals surface area (Å²) in [5, 5.41) is 0. The molecule has 2 N–H and O–H groups in total. The molecule has 2 aliphatic rings. The fourth-order valence-electron chi connectivity index (χ4n) is 2.89. The van der Waals surface area contributed by atoms with Gasteiger partial charge in [0.05, 0.1) is 5.41 Å². The number of hydrogen-bond donors (Lipinski definition) is 1. The molecule has 2 bridgehead atoms. The Morgan fingerprint density at radius 3 is 2.19 bits per heavy atom. The first-order valence-electron chi connectivity index (χ1n) is 6.09. The average Bonchev–Trinajstić information content (AvgIpc) is 2.46. The Balaban J connectivity index is 0.00000128. The number of rotatable bonds is 2. The fraction of sp³-hybridized carbons (Fsp3) is 0.917. The third-order valence-corrected chi connectivity index (χ3v) is 4.02. The Bertz CT molecular complexity index is 252. The van der Waals surface area contributed by atoms with Gasteiger partial charge in [-0.3, -0.25) is 4.79 Å². The minimum Gasteiger partial charge on any atom is -0.336 e. The quantitative estimate of drug-likeness (QED) is 0.810. The number of carbonyl (C=O) groups excluding carboxylic acids is 1. The number of halogens is 1. The van der Waals surface area contributed by atoms with Crippen LogP contribution in [0.5, 0.6) is 0 Å². The van der Waals surface area contributed by atoms with Gasteiger partial charge in [0.25, 0.3) is 0 Å². The number of amides is 1. The van der Waals surface area contributed by atoms with Crippen molar-refractivity contribution in [3.8, 4) is 0 Å². The number of nitrogens with two attached hydrogens (primary N) is 1. The molecule has 2 saturated heterocycles. The first kappa shape index (κ1) is 13.8. The molecule has 2 heterocycles. The van der Waals surface area contributed by atoms with Crippen molar-refractivity contribution in [2.75, 3.05) is 6.54 Å². The highest BCUT2D eigenvalue weighted by Crippen LogP contribution is 2.38. The van der Waals surface area contributed by atoms with Crippen molar-refractivity contribution in [2.24, 2.45) is 11.1 Å². The van der Waals surface area contributed by atoms with Gasteiger partial charge >= 0.3 is 0 Å². The minimum absolute atomic E-state index is 0. The second kappa shape index (κ2) is 4.92. The van der Waals surface area contributed by atoms with E-state index in [1.165, 1.54) is 32.1 Å². The molecule has 0 aliphatic carbocycles. The zero-order valence-electron chi connectivity index (χ0n) is 10.2. The maximum absolute atomic E-state index is 12.4. The van der Waals surface area contributed by atoms with Crippen molar-refractivity contribution in [2.45, 2.75) is 58.0 Å². The monoisotopic (exact) mass is 246 g/mol. The maximum Gasteiger partial charge on any atom is 0.230 e. The van der Waals surface area contributed by atoms with Crippen molar-refractivity contribution in [1.29, 1.82) is 0 Å². The van der Waals surface area contributed by atoms with Crippen molar-refractivity contribution in [3.63, 3.8) is 0 Å². The van der Waals surface area contributed by atoms with Crippen molar-refractivity contribution < 1.29 is 4.79 Å². The van der Waals surface area contributed by atoms with Crippen LogP contribution in [0.4, 0.5) is 0 Å². The van der Waals surface area contributed by atoms with E-state index in [2.05, 4.69) is 4.90 Å². The SMILES string of the molecule is CC(C)(CN)C(=O)N1C2CCCC1CC2.Cl. The highest BCUT2D eigenvalue weighted by atomic mass is 35.5. The lowest BCUT2D eigenvalue weighted by molar-refractivity contribution is -0.144. The molecule has 0 radical (unpaired) electrons. The second-order valence-electron chi connectivity index (χ2n) is 5.62. The van der Waals surface area contributed by atoms with Crippen LogP contribution in [-0.2, 0) is 4.79 Å². The summed E-state index contributed by atoms with van der Waals surface area (Å²) in [5.41, 5.74) is 5.30. The summed E-state index contributed by atoms with van der Waals surface area (Å²) < 4.78 is 0. The summed E-state index contributed by atoms with van der Waals surface area (Å²) in [6, 6.07) is 1.03. The number of nitrogens with zero attached hydrogens (tertiary/aromatic N) is 1. The molecule has 1 amide bonds. The predicted molar refractivity (Wildman–Crippen MR) is 67.6 cm³/mol. The van der Waals surface area contributed by atoms with Gasteiger partial charge in [0.15, 0.2) is 0 Å². The molecule has 0 aromatic carbocycles. The molecule has 2 fully saturated rings. The number of hydrogen-bond acceptors (Lipinski definition) is 2. The van der Waals surface area contributed by atoms with Crippen LogP contribution in [0.2, 0.25) is 0 Å². The molecule has 0 spiro atoms. The Morgan fingerprint density at radius 2 is 1.75 bits per heavy atom. The Hall–Kier alpha value is -0.280. The van der Waals surface area contributed by atoms with E-state index < -0.39 is 0 Å². The van der Waals surface area contributed by atoms with E-state index >= 15 is 0 Å². The highest BCUT2D eigenvalue weighted by Gasteiger charge is 2.43. The third kappa shape index (κ3) is 2.21.